The standard InChI is InChI=1S/C15H30N2O/c1-2-3-4-5-7-13(12-16)17-10-11-18-15-9-6-8-14(15)17/h13-15H,2-12,16H2,1H3. The van der Waals surface area contributed by atoms with Crippen LogP contribution in [0.4, 0.5) is 0 Å². The van der Waals surface area contributed by atoms with Crippen LogP contribution in [0, 0.1) is 0 Å². The maximum absolute atomic E-state index is 6.02. The van der Waals surface area contributed by atoms with E-state index in [1.807, 2.05) is 0 Å². The van der Waals surface area contributed by atoms with Gasteiger partial charge in [-0.05, 0) is 25.7 Å². The lowest BCUT2D eigenvalue weighted by atomic mass is 10.0. The second-order valence-corrected chi connectivity index (χ2v) is 5.88. The lowest BCUT2D eigenvalue weighted by Crippen LogP contribution is -2.55. The molecule has 0 aromatic heterocycles. The van der Waals surface area contributed by atoms with Gasteiger partial charge in [0.25, 0.3) is 0 Å². The largest absolute Gasteiger partial charge is 0.375 e. The molecule has 0 bridgehead atoms. The first-order valence-corrected chi connectivity index (χ1v) is 7.94. The molecule has 2 fully saturated rings. The van der Waals surface area contributed by atoms with Crippen LogP contribution in [0.3, 0.4) is 0 Å². The summed E-state index contributed by atoms with van der Waals surface area (Å²) in [7, 11) is 0. The van der Waals surface area contributed by atoms with E-state index in [-0.39, 0.29) is 0 Å². The van der Waals surface area contributed by atoms with Crippen molar-refractivity contribution in [3.8, 4) is 0 Å². The zero-order chi connectivity index (χ0) is 12.8. The molecule has 1 saturated heterocycles. The van der Waals surface area contributed by atoms with E-state index < -0.39 is 0 Å². The Bertz CT molecular complexity index is 235. The average molecular weight is 254 g/mol. The van der Waals surface area contributed by atoms with Crippen LogP contribution in [0.1, 0.15) is 58.3 Å². The van der Waals surface area contributed by atoms with E-state index >= 15 is 0 Å². The molecule has 0 radical (unpaired) electrons. The van der Waals surface area contributed by atoms with Crippen molar-refractivity contribution in [2.24, 2.45) is 5.73 Å². The van der Waals surface area contributed by atoms with E-state index in [2.05, 4.69) is 11.8 Å². The zero-order valence-electron chi connectivity index (χ0n) is 11.9. The lowest BCUT2D eigenvalue weighted by Gasteiger charge is -2.42. The Labute approximate surface area is 112 Å². The Morgan fingerprint density at radius 3 is 2.94 bits per heavy atom. The summed E-state index contributed by atoms with van der Waals surface area (Å²) < 4.78 is 5.89. The minimum atomic E-state index is 0.503. The number of nitrogens with zero attached hydrogens (tertiary/aromatic N) is 1. The van der Waals surface area contributed by atoms with Gasteiger partial charge in [0.15, 0.2) is 0 Å². The van der Waals surface area contributed by atoms with E-state index in [0.29, 0.717) is 18.2 Å². The van der Waals surface area contributed by atoms with Gasteiger partial charge >= 0.3 is 0 Å². The number of fused-ring (bicyclic) bond motifs is 1. The summed E-state index contributed by atoms with van der Waals surface area (Å²) in [6, 6.07) is 1.26. The highest BCUT2D eigenvalue weighted by atomic mass is 16.5. The Morgan fingerprint density at radius 1 is 1.28 bits per heavy atom. The normalized spacial score (nSPS) is 30.3. The summed E-state index contributed by atoms with van der Waals surface area (Å²) in [6.45, 7) is 5.09. The molecule has 0 spiro atoms. The maximum Gasteiger partial charge on any atom is 0.0731 e. The van der Waals surface area contributed by atoms with Crippen molar-refractivity contribution in [1.29, 1.82) is 0 Å². The van der Waals surface area contributed by atoms with Gasteiger partial charge in [-0.2, -0.15) is 0 Å². The highest BCUT2D eigenvalue weighted by Crippen LogP contribution is 2.31. The van der Waals surface area contributed by atoms with Crippen LogP contribution in [0.15, 0.2) is 0 Å². The van der Waals surface area contributed by atoms with Gasteiger partial charge in [-0.1, -0.05) is 32.6 Å². The van der Waals surface area contributed by atoms with Crippen LogP contribution < -0.4 is 5.73 Å². The van der Waals surface area contributed by atoms with Crippen LogP contribution in [-0.2, 0) is 4.74 Å². The summed E-state index contributed by atoms with van der Waals surface area (Å²) in [5, 5.41) is 0. The van der Waals surface area contributed by atoms with Crippen LogP contribution >= 0.6 is 0 Å². The third kappa shape index (κ3) is 3.46. The van der Waals surface area contributed by atoms with Crippen LogP contribution in [0.5, 0.6) is 0 Å². The molecule has 3 heteroatoms. The van der Waals surface area contributed by atoms with Crippen molar-refractivity contribution in [2.75, 3.05) is 19.7 Å². The van der Waals surface area contributed by atoms with E-state index in [4.69, 9.17) is 10.5 Å². The van der Waals surface area contributed by atoms with E-state index in [9.17, 15) is 0 Å². The van der Waals surface area contributed by atoms with Crippen LogP contribution in [0.25, 0.3) is 0 Å². The highest BCUT2D eigenvalue weighted by Gasteiger charge is 2.38. The molecule has 2 N–H and O–H groups in total. The van der Waals surface area contributed by atoms with Crippen molar-refractivity contribution in [1.82, 2.24) is 4.90 Å². The number of morpholine rings is 1. The molecule has 18 heavy (non-hydrogen) atoms. The van der Waals surface area contributed by atoms with Gasteiger partial charge in [0.1, 0.15) is 0 Å². The average Bonchev–Trinajstić information content (AvgIpc) is 2.87. The van der Waals surface area contributed by atoms with Gasteiger partial charge < -0.3 is 10.5 Å². The smallest absolute Gasteiger partial charge is 0.0731 e. The molecule has 1 saturated carbocycles. The van der Waals surface area contributed by atoms with Gasteiger partial charge in [-0.25, -0.2) is 0 Å². The molecule has 1 aliphatic carbocycles. The highest BCUT2D eigenvalue weighted by molar-refractivity contribution is 4.92. The van der Waals surface area contributed by atoms with Crippen LogP contribution in [0.2, 0.25) is 0 Å². The van der Waals surface area contributed by atoms with E-state index in [1.54, 1.807) is 0 Å². The number of unbranched alkanes of at least 4 members (excludes halogenated alkanes) is 3. The number of hydrogen-bond donors (Lipinski definition) is 1. The number of ether oxygens (including phenoxy) is 1. The molecule has 0 amide bonds. The fraction of sp³-hybridized carbons (Fsp3) is 1.00. The van der Waals surface area contributed by atoms with Crippen molar-refractivity contribution in [3.05, 3.63) is 0 Å². The van der Waals surface area contributed by atoms with Crippen molar-refractivity contribution >= 4 is 0 Å². The first-order chi connectivity index (χ1) is 8.86. The summed E-state index contributed by atoms with van der Waals surface area (Å²) in [6.07, 6.45) is 11.1. The van der Waals surface area contributed by atoms with E-state index in [1.165, 1.54) is 51.4 Å². The van der Waals surface area contributed by atoms with Gasteiger partial charge in [0, 0.05) is 25.2 Å². The third-order valence-corrected chi connectivity index (χ3v) is 4.66. The summed E-state index contributed by atoms with van der Waals surface area (Å²) in [5.41, 5.74) is 6.02. The van der Waals surface area contributed by atoms with Gasteiger partial charge in [0.05, 0.1) is 12.7 Å². The van der Waals surface area contributed by atoms with Gasteiger partial charge in [0.2, 0.25) is 0 Å². The summed E-state index contributed by atoms with van der Waals surface area (Å²) in [4.78, 5) is 2.67. The Morgan fingerprint density at radius 2 is 2.17 bits per heavy atom. The molecule has 2 rings (SSSR count). The van der Waals surface area contributed by atoms with E-state index in [0.717, 1.165) is 19.7 Å². The molecule has 3 atom stereocenters. The Hall–Kier alpha value is -0.120. The first kappa shape index (κ1) is 14.3. The molecular weight excluding hydrogens is 224 g/mol. The number of rotatable bonds is 7. The fourth-order valence-corrected chi connectivity index (χ4v) is 3.63. The molecule has 1 aliphatic heterocycles. The molecule has 3 nitrogen and oxygen atoms in total. The molecule has 1 heterocycles. The number of hydrogen-bond acceptors (Lipinski definition) is 3. The Balaban J connectivity index is 1.82. The summed E-state index contributed by atoms with van der Waals surface area (Å²) >= 11 is 0. The first-order valence-electron chi connectivity index (χ1n) is 7.94. The predicted molar refractivity (Wildman–Crippen MR) is 75.7 cm³/mol. The van der Waals surface area contributed by atoms with Gasteiger partial charge in [-0.15, -0.1) is 0 Å². The fourth-order valence-electron chi connectivity index (χ4n) is 3.63. The monoisotopic (exact) mass is 254 g/mol. The quantitative estimate of drug-likeness (QED) is 0.710. The zero-order valence-corrected chi connectivity index (χ0v) is 11.9. The van der Waals surface area contributed by atoms with Crippen molar-refractivity contribution in [2.45, 2.75) is 76.5 Å². The minimum absolute atomic E-state index is 0.503. The number of nitrogens with two attached hydrogens (primary N) is 1. The maximum atomic E-state index is 6.02. The van der Waals surface area contributed by atoms with Crippen molar-refractivity contribution < 1.29 is 4.74 Å². The second-order valence-electron chi connectivity index (χ2n) is 5.88. The van der Waals surface area contributed by atoms with Crippen molar-refractivity contribution in [3.63, 3.8) is 0 Å². The molecule has 0 aromatic rings. The summed E-state index contributed by atoms with van der Waals surface area (Å²) in [5.74, 6) is 0. The second kappa shape index (κ2) is 7.46. The third-order valence-electron chi connectivity index (χ3n) is 4.66. The predicted octanol–water partition coefficient (Wildman–Crippen LogP) is 2.54. The molecular formula is C15H30N2O. The molecule has 0 aromatic carbocycles. The van der Waals surface area contributed by atoms with Gasteiger partial charge in [-0.3, -0.25) is 4.90 Å². The lowest BCUT2D eigenvalue weighted by molar-refractivity contribution is -0.0716. The Kier molecular flexibility index (Phi) is 5.93. The van der Waals surface area contributed by atoms with Crippen LogP contribution in [-0.4, -0.2) is 42.8 Å². The topological polar surface area (TPSA) is 38.5 Å². The molecule has 3 unspecified atom stereocenters. The SMILES string of the molecule is CCCCCCC(CN)N1CCOC2CCCC21. The minimum Gasteiger partial charge on any atom is -0.375 e. The molecule has 106 valence electrons. The molecule has 2 aliphatic rings.